The summed E-state index contributed by atoms with van der Waals surface area (Å²) >= 11 is 0. The van der Waals surface area contributed by atoms with E-state index in [2.05, 4.69) is 25.6 Å². The van der Waals surface area contributed by atoms with E-state index in [0.717, 1.165) is 17.5 Å². The summed E-state index contributed by atoms with van der Waals surface area (Å²) < 4.78 is 51.1. The molecule has 14 heteroatoms. The van der Waals surface area contributed by atoms with Crippen LogP contribution >= 0.6 is 0 Å². The molecule has 2 N–H and O–H groups in total. The summed E-state index contributed by atoms with van der Waals surface area (Å²) in [6.45, 7) is -0.408. The van der Waals surface area contributed by atoms with Crippen LogP contribution in [0.5, 0.6) is 5.75 Å². The zero-order valence-electron chi connectivity index (χ0n) is 18.4. The van der Waals surface area contributed by atoms with Gasteiger partial charge in [0, 0.05) is 25.2 Å². The number of carbonyl (C=O) groups excluding carboxylic acids is 1. The van der Waals surface area contributed by atoms with E-state index in [0.29, 0.717) is 24.5 Å². The van der Waals surface area contributed by atoms with Gasteiger partial charge in [-0.1, -0.05) is 5.21 Å². The largest absolute Gasteiger partial charge is 0.412 e. The summed E-state index contributed by atoms with van der Waals surface area (Å²) in [7, 11) is 0. The molecule has 2 aliphatic heterocycles. The minimum Gasteiger partial charge on any atom is -0.410 e. The predicted octanol–water partition coefficient (Wildman–Crippen LogP) is 1.90. The van der Waals surface area contributed by atoms with E-state index in [1.165, 1.54) is 12.1 Å². The van der Waals surface area contributed by atoms with Crippen LogP contribution in [0, 0.1) is 0 Å². The van der Waals surface area contributed by atoms with Crippen molar-refractivity contribution in [1.82, 2.24) is 30.3 Å². The second-order valence-electron chi connectivity index (χ2n) is 8.33. The second-order valence-corrected chi connectivity index (χ2v) is 8.33. The molecule has 11 nitrogen and oxygen atoms in total. The van der Waals surface area contributed by atoms with Gasteiger partial charge >= 0.3 is 12.3 Å². The molecule has 5 rings (SSSR count). The lowest BCUT2D eigenvalue weighted by molar-refractivity contribution is -0.142. The van der Waals surface area contributed by atoms with Gasteiger partial charge in [-0.2, -0.15) is 13.2 Å². The number of amides is 1. The fraction of sp³-hybridized carbons (Fsp3) is 0.476. The molecule has 1 amide bonds. The van der Waals surface area contributed by atoms with Gasteiger partial charge in [-0.25, -0.2) is 19.4 Å². The predicted molar refractivity (Wildman–Crippen MR) is 116 cm³/mol. The fourth-order valence-corrected chi connectivity index (χ4v) is 4.23. The van der Waals surface area contributed by atoms with Crippen molar-refractivity contribution in [2.75, 3.05) is 31.1 Å². The number of hydrogen-bond acceptors (Lipinski definition) is 9. The van der Waals surface area contributed by atoms with Crippen molar-refractivity contribution < 1.29 is 32.5 Å². The summed E-state index contributed by atoms with van der Waals surface area (Å²) in [5.41, 5.74) is 0.678. The highest BCUT2D eigenvalue weighted by Crippen LogP contribution is 2.33. The van der Waals surface area contributed by atoms with Gasteiger partial charge in [0.15, 0.2) is 22.8 Å². The molecular weight excluding hydrogens is 471 g/mol. The first-order valence-electron chi connectivity index (χ1n) is 11.0. The number of fused-ring (bicyclic) bond motifs is 3. The van der Waals surface area contributed by atoms with Gasteiger partial charge in [-0.3, -0.25) is 0 Å². The van der Waals surface area contributed by atoms with Crippen molar-refractivity contribution in [2.24, 2.45) is 0 Å². The molecule has 0 saturated carbocycles. The molecule has 2 unspecified atom stereocenters. The highest BCUT2D eigenvalue weighted by molar-refractivity contribution is 5.85. The number of aliphatic hydroxyl groups excluding tert-OH is 1. The van der Waals surface area contributed by atoms with E-state index in [9.17, 15) is 18.0 Å². The number of carbonyl (C=O) groups is 1. The Morgan fingerprint density at radius 1 is 1.17 bits per heavy atom. The van der Waals surface area contributed by atoms with Crippen LogP contribution in [-0.2, 0) is 11.3 Å². The van der Waals surface area contributed by atoms with E-state index in [4.69, 9.17) is 14.6 Å². The average Bonchev–Trinajstić information content (AvgIpc) is 3.38. The number of halogens is 3. The lowest BCUT2D eigenvalue weighted by Crippen LogP contribution is -2.43. The molecule has 4 heterocycles. The number of nitrogens with zero attached hydrogens (tertiary/aromatic N) is 6. The van der Waals surface area contributed by atoms with Crippen molar-refractivity contribution in [1.29, 1.82) is 0 Å². The third-order valence-corrected chi connectivity index (χ3v) is 5.72. The van der Waals surface area contributed by atoms with Crippen LogP contribution < -0.4 is 15.0 Å². The van der Waals surface area contributed by atoms with Crippen LogP contribution in [0.1, 0.15) is 12.8 Å². The van der Waals surface area contributed by atoms with Gasteiger partial charge in [0.05, 0.1) is 18.8 Å². The minimum atomic E-state index is -4.50. The Labute approximate surface area is 196 Å². The van der Waals surface area contributed by atoms with Crippen molar-refractivity contribution in [3.63, 3.8) is 0 Å². The van der Waals surface area contributed by atoms with E-state index >= 15 is 0 Å². The van der Waals surface area contributed by atoms with Gasteiger partial charge in [0.2, 0.25) is 0 Å². The van der Waals surface area contributed by atoms with Crippen molar-refractivity contribution in [2.45, 2.75) is 37.8 Å². The van der Waals surface area contributed by atoms with Crippen LogP contribution in [0.4, 0.5) is 23.8 Å². The third kappa shape index (κ3) is 5.12. The fourth-order valence-electron chi connectivity index (χ4n) is 4.23. The Kier molecular flexibility index (Phi) is 6.15. The molecule has 2 saturated heterocycles. The lowest BCUT2D eigenvalue weighted by Gasteiger charge is -2.33. The van der Waals surface area contributed by atoms with Crippen LogP contribution in [0.25, 0.3) is 22.6 Å². The smallest absolute Gasteiger partial charge is 0.410 e. The highest BCUT2D eigenvalue weighted by atomic mass is 19.4. The van der Waals surface area contributed by atoms with E-state index in [1.807, 2.05) is 4.90 Å². The Morgan fingerprint density at radius 2 is 1.89 bits per heavy atom. The summed E-state index contributed by atoms with van der Waals surface area (Å²) in [5, 5.41) is 18.8. The molecule has 2 bridgehead atoms. The molecule has 0 aliphatic carbocycles. The van der Waals surface area contributed by atoms with Gasteiger partial charge in [0.1, 0.15) is 12.3 Å². The van der Waals surface area contributed by atoms with E-state index in [1.54, 1.807) is 12.1 Å². The molecule has 0 spiro atoms. The molecule has 2 aromatic heterocycles. The third-order valence-electron chi connectivity index (χ3n) is 5.72. The Morgan fingerprint density at radius 3 is 2.54 bits per heavy atom. The number of anilines is 1. The monoisotopic (exact) mass is 493 g/mol. The Hall–Kier alpha value is -3.52. The van der Waals surface area contributed by atoms with Crippen molar-refractivity contribution >= 4 is 23.1 Å². The number of morpholine rings is 1. The molecule has 2 aliphatic rings. The SMILES string of the molecule is O=C(NCCO)Oc1ccc(-c2nc(N3CC4CCC(C3)O4)c3nnn(CC(F)(F)F)c3n2)cc1. The van der Waals surface area contributed by atoms with Crippen LogP contribution in [0.3, 0.4) is 0 Å². The first kappa shape index (κ1) is 23.2. The zero-order chi connectivity index (χ0) is 24.6. The number of aliphatic hydroxyl groups is 1. The zero-order valence-corrected chi connectivity index (χ0v) is 18.4. The van der Waals surface area contributed by atoms with Gasteiger partial charge in [0.25, 0.3) is 0 Å². The van der Waals surface area contributed by atoms with Gasteiger partial charge < -0.3 is 24.8 Å². The minimum absolute atomic E-state index is 0.0233. The quantitative estimate of drug-likeness (QED) is 0.529. The molecule has 2 fully saturated rings. The number of nitrogens with one attached hydrogen (secondary N) is 1. The first-order chi connectivity index (χ1) is 16.8. The molecule has 1 aromatic carbocycles. The number of hydrogen-bond donors (Lipinski definition) is 2. The molecule has 186 valence electrons. The van der Waals surface area contributed by atoms with Crippen LogP contribution in [0.2, 0.25) is 0 Å². The maximum Gasteiger partial charge on any atom is 0.412 e. The lowest BCUT2D eigenvalue weighted by atomic mass is 10.2. The van der Waals surface area contributed by atoms with E-state index < -0.39 is 18.8 Å². The number of rotatable bonds is 6. The van der Waals surface area contributed by atoms with Crippen molar-refractivity contribution in [3.8, 4) is 17.1 Å². The van der Waals surface area contributed by atoms with Gasteiger partial charge in [-0.05, 0) is 37.1 Å². The highest BCUT2D eigenvalue weighted by Gasteiger charge is 2.36. The summed E-state index contributed by atoms with van der Waals surface area (Å²) in [4.78, 5) is 22.6. The molecule has 0 radical (unpaired) electrons. The number of aromatic nitrogens is 5. The van der Waals surface area contributed by atoms with Crippen molar-refractivity contribution in [3.05, 3.63) is 24.3 Å². The summed E-state index contributed by atoms with van der Waals surface area (Å²) in [6.07, 6.45) is -3.34. The Bertz CT molecular complexity index is 1210. The normalized spacial score (nSPS) is 19.8. The standard InChI is InChI=1S/C21H22F3N7O4/c22-21(23,24)11-31-19-16(28-29-31)18(30-9-14-5-6-15(10-30)34-14)26-17(27-19)12-1-3-13(4-2-12)35-20(33)25-7-8-32/h1-4,14-15,32H,5-11H2,(H,25,33). The molecule has 2 atom stereocenters. The Balaban J connectivity index is 1.50. The second kappa shape index (κ2) is 9.26. The number of alkyl halides is 3. The summed E-state index contributed by atoms with van der Waals surface area (Å²) in [5.74, 6) is 0.828. The number of ether oxygens (including phenoxy) is 2. The number of benzene rings is 1. The van der Waals surface area contributed by atoms with Crippen LogP contribution in [-0.4, -0.2) is 80.8 Å². The molecular formula is C21H22F3N7O4. The first-order valence-corrected chi connectivity index (χ1v) is 11.0. The molecule has 3 aromatic rings. The summed E-state index contributed by atoms with van der Waals surface area (Å²) in [6, 6.07) is 6.23. The topological polar surface area (TPSA) is 128 Å². The maximum atomic E-state index is 13.1. The maximum absolute atomic E-state index is 13.1. The van der Waals surface area contributed by atoms with E-state index in [-0.39, 0.29) is 48.1 Å². The average molecular weight is 493 g/mol. The molecule has 35 heavy (non-hydrogen) atoms. The van der Waals surface area contributed by atoms with Crippen LogP contribution in [0.15, 0.2) is 24.3 Å². The van der Waals surface area contributed by atoms with Gasteiger partial charge in [-0.15, -0.1) is 5.10 Å².